The van der Waals surface area contributed by atoms with Crippen LogP contribution < -0.4 is 5.73 Å². The molecule has 1 aliphatic rings. The van der Waals surface area contributed by atoms with Gasteiger partial charge in [0.25, 0.3) is 5.69 Å². The molecule has 0 aromatic heterocycles. The zero-order valence-corrected chi connectivity index (χ0v) is 10.0. The quantitative estimate of drug-likeness (QED) is 0.502. The van der Waals surface area contributed by atoms with Gasteiger partial charge in [-0.25, -0.2) is 0 Å². The molecule has 2 rings (SSSR count). The first-order chi connectivity index (χ1) is 8.66. The molecule has 1 aromatic carbocycles. The predicted octanol–water partition coefficient (Wildman–Crippen LogP) is 1.87. The van der Waals surface area contributed by atoms with Crippen LogP contribution in [0.5, 0.6) is 0 Å². The van der Waals surface area contributed by atoms with Crippen LogP contribution in [0.1, 0.15) is 18.4 Å². The lowest BCUT2D eigenvalue weighted by molar-refractivity contribution is -0.384. The Balaban J connectivity index is 1.96. The lowest BCUT2D eigenvalue weighted by Gasteiger charge is -2.22. The molecule has 1 aliphatic heterocycles. The summed E-state index contributed by atoms with van der Waals surface area (Å²) in [4.78, 5) is 10.3. The van der Waals surface area contributed by atoms with Gasteiger partial charge in [-0.3, -0.25) is 10.1 Å². The van der Waals surface area contributed by atoms with Crippen LogP contribution in [0.15, 0.2) is 18.2 Å². The van der Waals surface area contributed by atoms with Crippen LogP contribution in [0, 0.1) is 10.1 Å². The molecule has 98 valence electrons. The molecule has 1 fully saturated rings. The molecular weight excluding hydrogens is 236 g/mol. The number of hydrogen-bond donors (Lipinski definition) is 1. The van der Waals surface area contributed by atoms with Crippen molar-refractivity contribution in [3.8, 4) is 0 Å². The van der Waals surface area contributed by atoms with Crippen LogP contribution >= 0.6 is 0 Å². The molecule has 1 aromatic rings. The van der Waals surface area contributed by atoms with Crippen LogP contribution in [0.3, 0.4) is 0 Å². The van der Waals surface area contributed by atoms with Gasteiger partial charge in [0.1, 0.15) is 5.69 Å². The van der Waals surface area contributed by atoms with Gasteiger partial charge in [0.15, 0.2) is 0 Å². The summed E-state index contributed by atoms with van der Waals surface area (Å²) >= 11 is 0. The average Bonchev–Trinajstić information content (AvgIpc) is 2.38. The number of nitrogens with zero attached hydrogens (tertiary/aromatic N) is 1. The van der Waals surface area contributed by atoms with Gasteiger partial charge >= 0.3 is 0 Å². The van der Waals surface area contributed by atoms with Crippen LogP contribution in [0.2, 0.25) is 0 Å². The number of nitrogens with two attached hydrogens (primary N) is 1. The summed E-state index contributed by atoms with van der Waals surface area (Å²) in [5.41, 5.74) is 6.41. The molecule has 0 amide bonds. The van der Waals surface area contributed by atoms with E-state index in [2.05, 4.69) is 0 Å². The second-order valence-corrected chi connectivity index (χ2v) is 4.27. The topological polar surface area (TPSA) is 87.6 Å². The number of rotatable bonds is 4. The molecule has 0 spiro atoms. The first-order valence-electron chi connectivity index (χ1n) is 5.89. The fourth-order valence-electron chi connectivity index (χ4n) is 1.89. The number of anilines is 1. The standard InChI is InChI=1S/C12H16N2O4/c13-11-2-1-9(7-12(11)14(15)16)8-18-10-3-5-17-6-4-10/h1-2,7,10H,3-6,8,13H2. The van der Waals surface area contributed by atoms with Gasteiger partial charge in [0.05, 0.1) is 17.6 Å². The van der Waals surface area contributed by atoms with E-state index in [1.165, 1.54) is 6.07 Å². The number of nitro groups is 1. The Kier molecular flexibility index (Phi) is 4.11. The second-order valence-electron chi connectivity index (χ2n) is 4.27. The first kappa shape index (κ1) is 12.8. The van der Waals surface area contributed by atoms with Gasteiger partial charge in [0.2, 0.25) is 0 Å². The van der Waals surface area contributed by atoms with Gasteiger partial charge in [-0.1, -0.05) is 6.07 Å². The number of nitro benzene ring substituents is 1. The SMILES string of the molecule is Nc1ccc(COC2CCOCC2)cc1[N+](=O)[O-]. The van der Waals surface area contributed by atoms with E-state index in [1.54, 1.807) is 12.1 Å². The van der Waals surface area contributed by atoms with E-state index in [-0.39, 0.29) is 17.5 Å². The summed E-state index contributed by atoms with van der Waals surface area (Å²) in [6, 6.07) is 4.76. The fourth-order valence-corrected chi connectivity index (χ4v) is 1.89. The van der Waals surface area contributed by atoms with Crippen molar-refractivity contribution in [2.75, 3.05) is 18.9 Å². The predicted molar refractivity (Wildman–Crippen MR) is 66.1 cm³/mol. The Morgan fingerprint density at radius 2 is 2.17 bits per heavy atom. The molecule has 1 saturated heterocycles. The Morgan fingerprint density at radius 1 is 1.44 bits per heavy atom. The molecule has 0 saturated carbocycles. The number of benzene rings is 1. The van der Waals surface area contributed by atoms with Crippen molar-refractivity contribution in [2.45, 2.75) is 25.6 Å². The monoisotopic (exact) mass is 252 g/mol. The third kappa shape index (κ3) is 3.18. The van der Waals surface area contributed by atoms with Crippen molar-refractivity contribution in [1.82, 2.24) is 0 Å². The Hall–Kier alpha value is -1.66. The molecule has 0 bridgehead atoms. The maximum atomic E-state index is 10.7. The molecular formula is C12H16N2O4. The van der Waals surface area contributed by atoms with Crippen LogP contribution in [-0.4, -0.2) is 24.2 Å². The summed E-state index contributed by atoms with van der Waals surface area (Å²) in [6.45, 7) is 1.80. The van der Waals surface area contributed by atoms with Crippen molar-refractivity contribution >= 4 is 11.4 Å². The minimum absolute atomic E-state index is 0.0666. The minimum Gasteiger partial charge on any atom is -0.393 e. The summed E-state index contributed by atoms with van der Waals surface area (Å²) in [6.07, 6.45) is 1.92. The van der Waals surface area contributed by atoms with Gasteiger partial charge in [0, 0.05) is 19.3 Å². The van der Waals surface area contributed by atoms with Gasteiger partial charge < -0.3 is 15.2 Å². The van der Waals surface area contributed by atoms with E-state index < -0.39 is 4.92 Å². The minimum atomic E-state index is -0.479. The van der Waals surface area contributed by atoms with Crippen LogP contribution in [0.4, 0.5) is 11.4 Å². The summed E-state index contributed by atoms with van der Waals surface area (Å²) < 4.78 is 10.9. The number of ether oxygens (including phenoxy) is 2. The third-order valence-electron chi connectivity index (χ3n) is 2.95. The summed E-state index contributed by atoms with van der Waals surface area (Å²) in [5, 5.41) is 10.7. The molecule has 18 heavy (non-hydrogen) atoms. The normalized spacial score (nSPS) is 16.7. The lowest BCUT2D eigenvalue weighted by Crippen LogP contribution is -2.23. The lowest BCUT2D eigenvalue weighted by atomic mass is 10.1. The molecule has 0 aliphatic carbocycles. The van der Waals surface area contributed by atoms with Crippen molar-refractivity contribution in [1.29, 1.82) is 0 Å². The van der Waals surface area contributed by atoms with E-state index in [4.69, 9.17) is 15.2 Å². The maximum absolute atomic E-state index is 10.7. The van der Waals surface area contributed by atoms with Crippen LogP contribution in [-0.2, 0) is 16.1 Å². The van der Waals surface area contributed by atoms with E-state index in [9.17, 15) is 10.1 Å². The largest absolute Gasteiger partial charge is 0.393 e. The Labute approximate surface area is 105 Å². The van der Waals surface area contributed by atoms with E-state index in [1.807, 2.05) is 0 Å². The van der Waals surface area contributed by atoms with Crippen molar-refractivity contribution < 1.29 is 14.4 Å². The average molecular weight is 252 g/mol. The molecule has 2 N–H and O–H groups in total. The van der Waals surface area contributed by atoms with E-state index in [0.29, 0.717) is 19.8 Å². The number of nitrogen functional groups attached to an aromatic ring is 1. The highest BCUT2D eigenvalue weighted by atomic mass is 16.6. The van der Waals surface area contributed by atoms with Crippen molar-refractivity contribution in [3.63, 3.8) is 0 Å². The Bertz CT molecular complexity index is 430. The Morgan fingerprint density at radius 3 is 2.83 bits per heavy atom. The highest BCUT2D eigenvalue weighted by Gasteiger charge is 2.16. The molecule has 1 heterocycles. The molecule has 6 nitrogen and oxygen atoms in total. The van der Waals surface area contributed by atoms with E-state index >= 15 is 0 Å². The van der Waals surface area contributed by atoms with E-state index in [0.717, 1.165) is 18.4 Å². The molecule has 0 unspecified atom stereocenters. The van der Waals surface area contributed by atoms with Gasteiger partial charge in [-0.15, -0.1) is 0 Å². The number of hydrogen-bond acceptors (Lipinski definition) is 5. The van der Waals surface area contributed by atoms with Gasteiger partial charge in [-0.05, 0) is 24.5 Å². The zero-order chi connectivity index (χ0) is 13.0. The smallest absolute Gasteiger partial charge is 0.292 e. The molecule has 0 radical (unpaired) electrons. The first-order valence-corrected chi connectivity index (χ1v) is 5.89. The maximum Gasteiger partial charge on any atom is 0.292 e. The zero-order valence-electron chi connectivity index (χ0n) is 10.0. The van der Waals surface area contributed by atoms with Crippen molar-refractivity contribution in [2.24, 2.45) is 0 Å². The van der Waals surface area contributed by atoms with Crippen molar-refractivity contribution in [3.05, 3.63) is 33.9 Å². The third-order valence-corrected chi connectivity index (χ3v) is 2.95. The second kappa shape index (κ2) is 5.79. The highest BCUT2D eigenvalue weighted by Crippen LogP contribution is 2.23. The summed E-state index contributed by atoms with van der Waals surface area (Å²) in [7, 11) is 0. The molecule has 0 atom stereocenters. The summed E-state index contributed by atoms with van der Waals surface area (Å²) in [5.74, 6) is 0. The highest BCUT2D eigenvalue weighted by molar-refractivity contribution is 5.59. The van der Waals surface area contributed by atoms with Gasteiger partial charge in [-0.2, -0.15) is 0 Å². The molecule has 6 heteroatoms. The van der Waals surface area contributed by atoms with Crippen LogP contribution in [0.25, 0.3) is 0 Å². The fraction of sp³-hybridized carbons (Fsp3) is 0.500.